The van der Waals surface area contributed by atoms with Gasteiger partial charge in [0.1, 0.15) is 5.76 Å². The SMILES string of the molecule is Cc1cc(C(=O)N2CC(c3nc(-c4ccco4)no3)C2)no1. The Morgan fingerprint density at radius 3 is 2.86 bits per heavy atom. The Hall–Kier alpha value is -2.90. The standard InChI is InChI=1S/C14H12N4O4/c1-8-5-10(16-21-8)14(19)18-6-9(7-18)13-15-12(17-22-13)11-3-2-4-20-11/h2-5,9H,6-7H2,1H3. The van der Waals surface area contributed by atoms with Crippen LogP contribution >= 0.6 is 0 Å². The molecule has 0 atom stereocenters. The summed E-state index contributed by atoms with van der Waals surface area (Å²) in [6, 6.07) is 5.14. The molecular formula is C14H12N4O4. The average Bonchev–Trinajstić information content (AvgIpc) is 3.17. The average molecular weight is 300 g/mol. The quantitative estimate of drug-likeness (QED) is 0.728. The molecule has 8 nitrogen and oxygen atoms in total. The number of carbonyl (C=O) groups is 1. The Bertz CT molecular complexity index is 799. The van der Waals surface area contributed by atoms with E-state index in [1.54, 1.807) is 36.3 Å². The van der Waals surface area contributed by atoms with Crippen molar-refractivity contribution in [2.24, 2.45) is 0 Å². The molecule has 0 bridgehead atoms. The fourth-order valence-corrected chi connectivity index (χ4v) is 2.34. The summed E-state index contributed by atoms with van der Waals surface area (Å²) < 4.78 is 15.4. The number of nitrogens with zero attached hydrogens (tertiary/aromatic N) is 4. The van der Waals surface area contributed by atoms with Crippen molar-refractivity contribution < 1.29 is 18.3 Å². The smallest absolute Gasteiger partial charge is 0.276 e. The number of likely N-dealkylation sites (tertiary alicyclic amines) is 1. The van der Waals surface area contributed by atoms with Gasteiger partial charge in [-0.2, -0.15) is 4.98 Å². The molecule has 1 aliphatic heterocycles. The van der Waals surface area contributed by atoms with Gasteiger partial charge in [-0.15, -0.1) is 0 Å². The third-order valence-corrected chi connectivity index (χ3v) is 3.55. The molecule has 4 rings (SSSR count). The lowest BCUT2D eigenvalue weighted by atomic mass is 9.99. The third kappa shape index (κ3) is 2.09. The van der Waals surface area contributed by atoms with E-state index < -0.39 is 0 Å². The van der Waals surface area contributed by atoms with Crippen LogP contribution in [0.5, 0.6) is 0 Å². The van der Waals surface area contributed by atoms with Crippen molar-refractivity contribution >= 4 is 5.91 Å². The normalized spacial score (nSPS) is 15.0. The molecule has 0 N–H and O–H groups in total. The van der Waals surface area contributed by atoms with Gasteiger partial charge in [-0.3, -0.25) is 4.79 Å². The maximum Gasteiger partial charge on any atom is 0.276 e. The first-order valence-corrected chi connectivity index (χ1v) is 6.81. The van der Waals surface area contributed by atoms with E-state index in [0.717, 1.165) is 0 Å². The second-order valence-electron chi connectivity index (χ2n) is 5.16. The molecule has 0 radical (unpaired) electrons. The minimum Gasteiger partial charge on any atom is -0.461 e. The van der Waals surface area contributed by atoms with E-state index in [2.05, 4.69) is 15.3 Å². The van der Waals surface area contributed by atoms with Crippen molar-refractivity contribution in [2.75, 3.05) is 13.1 Å². The van der Waals surface area contributed by atoms with Crippen molar-refractivity contribution in [3.8, 4) is 11.6 Å². The van der Waals surface area contributed by atoms with Crippen molar-refractivity contribution in [3.63, 3.8) is 0 Å². The highest BCUT2D eigenvalue weighted by molar-refractivity contribution is 5.92. The monoisotopic (exact) mass is 300 g/mol. The number of aryl methyl sites for hydroxylation is 1. The summed E-state index contributed by atoms with van der Waals surface area (Å²) in [5.74, 6) is 1.97. The van der Waals surface area contributed by atoms with Crippen molar-refractivity contribution in [1.29, 1.82) is 0 Å². The lowest BCUT2D eigenvalue weighted by molar-refractivity contribution is 0.0558. The number of rotatable bonds is 3. The topological polar surface area (TPSA) is 98.4 Å². The van der Waals surface area contributed by atoms with Gasteiger partial charge in [0.05, 0.1) is 12.2 Å². The van der Waals surface area contributed by atoms with Gasteiger partial charge in [0.15, 0.2) is 11.5 Å². The van der Waals surface area contributed by atoms with Gasteiger partial charge in [0.2, 0.25) is 11.7 Å². The maximum absolute atomic E-state index is 12.1. The first-order valence-electron chi connectivity index (χ1n) is 6.81. The molecule has 0 aliphatic carbocycles. The molecule has 4 heterocycles. The Morgan fingerprint density at radius 1 is 1.32 bits per heavy atom. The van der Waals surface area contributed by atoms with Gasteiger partial charge in [-0.05, 0) is 19.1 Å². The van der Waals surface area contributed by atoms with Crippen molar-refractivity contribution in [2.45, 2.75) is 12.8 Å². The van der Waals surface area contributed by atoms with Crippen LogP contribution in [0.2, 0.25) is 0 Å². The lowest BCUT2D eigenvalue weighted by Gasteiger charge is -2.36. The molecule has 1 amide bonds. The van der Waals surface area contributed by atoms with Gasteiger partial charge in [-0.25, -0.2) is 0 Å². The maximum atomic E-state index is 12.1. The molecule has 22 heavy (non-hydrogen) atoms. The fourth-order valence-electron chi connectivity index (χ4n) is 2.34. The Balaban J connectivity index is 1.42. The number of aromatic nitrogens is 3. The van der Waals surface area contributed by atoms with Crippen molar-refractivity contribution in [1.82, 2.24) is 20.2 Å². The zero-order valence-electron chi connectivity index (χ0n) is 11.7. The summed E-state index contributed by atoms with van der Waals surface area (Å²) in [5.41, 5.74) is 0.317. The third-order valence-electron chi connectivity index (χ3n) is 3.55. The van der Waals surface area contributed by atoms with Crippen molar-refractivity contribution in [3.05, 3.63) is 41.8 Å². The minimum absolute atomic E-state index is 0.0353. The molecule has 1 fully saturated rings. The van der Waals surface area contributed by atoms with E-state index in [-0.39, 0.29) is 11.8 Å². The highest BCUT2D eigenvalue weighted by atomic mass is 16.5. The van der Waals surface area contributed by atoms with Crippen LogP contribution in [0, 0.1) is 6.92 Å². The van der Waals surface area contributed by atoms with E-state index in [1.165, 1.54) is 0 Å². The Kier molecular flexibility index (Phi) is 2.81. The van der Waals surface area contributed by atoms with E-state index in [1.807, 2.05) is 0 Å². The molecule has 8 heteroatoms. The van der Waals surface area contributed by atoms with Gasteiger partial charge in [0, 0.05) is 19.2 Å². The van der Waals surface area contributed by atoms with Crippen LogP contribution in [-0.2, 0) is 0 Å². The zero-order valence-corrected chi connectivity index (χ0v) is 11.7. The first-order chi connectivity index (χ1) is 10.7. The highest BCUT2D eigenvalue weighted by Gasteiger charge is 2.37. The summed E-state index contributed by atoms with van der Waals surface area (Å²) in [6.45, 7) is 2.78. The molecule has 1 saturated heterocycles. The fraction of sp³-hybridized carbons (Fsp3) is 0.286. The lowest BCUT2D eigenvalue weighted by Crippen LogP contribution is -2.48. The molecule has 112 valence electrons. The molecule has 3 aromatic rings. The van der Waals surface area contributed by atoms with Crippen LogP contribution in [0.4, 0.5) is 0 Å². The summed E-state index contributed by atoms with van der Waals surface area (Å²) in [4.78, 5) is 18.1. The predicted molar refractivity (Wildman–Crippen MR) is 71.9 cm³/mol. The first kappa shape index (κ1) is 12.8. The van der Waals surface area contributed by atoms with E-state index in [9.17, 15) is 4.79 Å². The molecule has 1 aliphatic rings. The van der Waals surface area contributed by atoms with Crippen LogP contribution in [-0.4, -0.2) is 39.2 Å². The van der Waals surface area contributed by atoms with Gasteiger partial charge in [0.25, 0.3) is 5.91 Å². The number of furan rings is 1. The van der Waals surface area contributed by atoms with E-state index in [0.29, 0.717) is 42.0 Å². The van der Waals surface area contributed by atoms with Crippen LogP contribution in [0.1, 0.15) is 28.1 Å². The number of hydrogen-bond acceptors (Lipinski definition) is 7. The summed E-state index contributed by atoms with van der Waals surface area (Å²) in [6.07, 6.45) is 1.55. The van der Waals surface area contributed by atoms with E-state index >= 15 is 0 Å². The Labute approximate surface area is 124 Å². The zero-order chi connectivity index (χ0) is 15.1. The van der Waals surface area contributed by atoms with Crippen LogP contribution in [0.15, 0.2) is 37.9 Å². The summed E-state index contributed by atoms with van der Waals surface area (Å²) in [5, 5.41) is 7.61. The molecule has 0 spiro atoms. The number of carbonyl (C=O) groups excluding carboxylic acids is 1. The second-order valence-corrected chi connectivity index (χ2v) is 5.16. The van der Waals surface area contributed by atoms with Gasteiger partial charge >= 0.3 is 0 Å². The molecule has 0 aromatic carbocycles. The largest absolute Gasteiger partial charge is 0.461 e. The Morgan fingerprint density at radius 2 is 2.18 bits per heavy atom. The summed E-state index contributed by atoms with van der Waals surface area (Å²) >= 11 is 0. The number of hydrogen-bond donors (Lipinski definition) is 0. The minimum atomic E-state index is -0.154. The molecular weight excluding hydrogens is 288 g/mol. The summed E-state index contributed by atoms with van der Waals surface area (Å²) in [7, 11) is 0. The predicted octanol–water partition coefficient (Wildman–Crippen LogP) is 1.87. The van der Waals surface area contributed by atoms with E-state index in [4.69, 9.17) is 13.5 Å². The molecule has 0 saturated carbocycles. The molecule has 3 aromatic heterocycles. The van der Waals surface area contributed by atoms with Crippen LogP contribution < -0.4 is 0 Å². The van der Waals surface area contributed by atoms with Crippen LogP contribution in [0.25, 0.3) is 11.6 Å². The highest BCUT2D eigenvalue weighted by Crippen LogP contribution is 2.28. The number of amides is 1. The van der Waals surface area contributed by atoms with Gasteiger partial charge < -0.3 is 18.4 Å². The second kappa shape index (κ2) is 4.83. The van der Waals surface area contributed by atoms with Gasteiger partial charge in [-0.1, -0.05) is 10.3 Å². The van der Waals surface area contributed by atoms with Crippen LogP contribution in [0.3, 0.4) is 0 Å². The molecule has 0 unspecified atom stereocenters.